The van der Waals surface area contributed by atoms with Crippen LogP contribution in [0.2, 0.25) is 0 Å². The van der Waals surface area contributed by atoms with E-state index in [1.807, 2.05) is 19.9 Å². The van der Waals surface area contributed by atoms with Gasteiger partial charge in [-0.25, -0.2) is 9.07 Å². The minimum Gasteiger partial charge on any atom is -0.350 e. The molecule has 8 heteroatoms. The van der Waals surface area contributed by atoms with Crippen molar-refractivity contribution in [2.24, 2.45) is 0 Å². The molecule has 0 spiro atoms. The molecule has 0 unspecified atom stereocenters. The molecule has 2 aromatic carbocycles. The molecular formula is C20H22FN5O2. The molecular weight excluding hydrogens is 361 g/mol. The Hall–Kier alpha value is -3.29. The largest absolute Gasteiger partial charge is 0.350 e. The summed E-state index contributed by atoms with van der Waals surface area (Å²) in [5.74, 6) is -0.907. The molecule has 0 atom stereocenters. The van der Waals surface area contributed by atoms with E-state index in [4.69, 9.17) is 0 Å². The highest BCUT2D eigenvalue weighted by Crippen LogP contribution is 2.17. The molecule has 0 saturated heterocycles. The van der Waals surface area contributed by atoms with Crippen LogP contribution in [0.1, 0.15) is 35.8 Å². The monoisotopic (exact) mass is 383 g/mol. The van der Waals surface area contributed by atoms with E-state index in [0.29, 0.717) is 11.1 Å². The van der Waals surface area contributed by atoms with Gasteiger partial charge in [0, 0.05) is 25.2 Å². The van der Waals surface area contributed by atoms with Crippen LogP contribution in [0.5, 0.6) is 0 Å². The number of amides is 2. The molecule has 28 heavy (non-hydrogen) atoms. The number of nitrogens with one attached hydrogen (secondary N) is 1. The Morgan fingerprint density at radius 3 is 2.57 bits per heavy atom. The minimum atomic E-state index is -0.328. The van der Waals surface area contributed by atoms with Crippen LogP contribution in [-0.2, 0) is 11.3 Å². The van der Waals surface area contributed by atoms with Crippen molar-refractivity contribution in [3.8, 4) is 0 Å². The molecule has 2 amide bonds. The van der Waals surface area contributed by atoms with Gasteiger partial charge in [0.25, 0.3) is 5.91 Å². The number of likely N-dealkylation sites (N-methyl/N-ethyl adjacent to an activating group) is 1. The Bertz CT molecular complexity index is 998. The number of carbonyl (C=O) groups is 2. The molecule has 7 nitrogen and oxygen atoms in total. The Kier molecular flexibility index (Phi) is 5.67. The minimum absolute atomic E-state index is 0.0866. The van der Waals surface area contributed by atoms with Crippen molar-refractivity contribution in [3.63, 3.8) is 0 Å². The lowest BCUT2D eigenvalue weighted by Gasteiger charge is -2.17. The van der Waals surface area contributed by atoms with E-state index in [-0.39, 0.29) is 36.8 Å². The molecule has 3 rings (SSSR count). The van der Waals surface area contributed by atoms with Crippen LogP contribution in [-0.4, -0.2) is 45.3 Å². The van der Waals surface area contributed by atoms with Crippen LogP contribution >= 0.6 is 0 Å². The first-order valence-corrected chi connectivity index (χ1v) is 8.96. The first-order valence-electron chi connectivity index (χ1n) is 8.96. The van der Waals surface area contributed by atoms with Gasteiger partial charge in [-0.1, -0.05) is 17.3 Å². The van der Waals surface area contributed by atoms with Crippen molar-refractivity contribution in [3.05, 3.63) is 59.4 Å². The van der Waals surface area contributed by atoms with Crippen molar-refractivity contribution >= 4 is 22.8 Å². The Morgan fingerprint density at radius 2 is 1.89 bits per heavy atom. The van der Waals surface area contributed by atoms with Crippen LogP contribution < -0.4 is 5.32 Å². The number of carbonyl (C=O) groups excluding carboxylic acids is 2. The van der Waals surface area contributed by atoms with E-state index in [2.05, 4.69) is 15.6 Å². The maximum atomic E-state index is 12.9. The zero-order chi connectivity index (χ0) is 20.3. The van der Waals surface area contributed by atoms with Gasteiger partial charge in [-0.2, -0.15) is 0 Å². The van der Waals surface area contributed by atoms with Crippen molar-refractivity contribution < 1.29 is 14.0 Å². The lowest BCUT2D eigenvalue weighted by atomic mass is 10.1. The summed E-state index contributed by atoms with van der Waals surface area (Å²) < 4.78 is 14.7. The molecule has 0 saturated carbocycles. The van der Waals surface area contributed by atoms with Gasteiger partial charge in [0.15, 0.2) is 0 Å². The number of hydrogen-bond acceptors (Lipinski definition) is 4. The van der Waals surface area contributed by atoms with Gasteiger partial charge in [-0.15, -0.1) is 5.10 Å². The van der Waals surface area contributed by atoms with Crippen LogP contribution in [0.15, 0.2) is 42.5 Å². The fourth-order valence-corrected chi connectivity index (χ4v) is 2.82. The summed E-state index contributed by atoms with van der Waals surface area (Å²) >= 11 is 0. The lowest BCUT2D eigenvalue weighted by molar-refractivity contribution is -0.121. The number of nitrogens with zero attached hydrogens (tertiary/aromatic N) is 4. The maximum Gasteiger partial charge on any atom is 0.254 e. The van der Waals surface area contributed by atoms with E-state index < -0.39 is 0 Å². The highest BCUT2D eigenvalue weighted by atomic mass is 19.1. The highest BCUT2D eigenvalue weighted by Gasteiger charge is 2.17. The predicted molar refractivity (Wildman–Crippen MR) is 103 cm³/mol. The summed E-state index contributed by atoms with van der Waals surface area (Å²) in [6, 6.07) is 11.2. The predicted octanol–water partition coefficient (Wildman–Crippen LogP) is 2.54. The number of fused-ring (bicyclic) bond motifs is 1. The van der Waals surface area contributed by atoms with Crippen molar-refractivity contribution in [1.29, 1.82) is 0 Å². The molecule has 1 aromatic heterocycles. The van der Waals surface area contributed by atoms with Gasteiger partial charge in [0.05, 0.1) is 12.1 Å². The van der Waals surface area contributed by atoms with Crippen molar-refractivity contribution in [2.75, 3.05) is 13.6 Å². The van der Waals surface area contributed by atoms with E-state index >= 15 is 0 Å². The third-order valence-electron chi connectivity index (χ3n) is 4.34. The SMILES string of the molecule is CC(C)n1nnc2cc(C(=O)N(C)CC(=O)NCc3ccc(F)cc3)ccc21. The fourth-order valence-electron chi connectivity index (χ4n) is 2.82. The lowest BCUT2D eigenvalue weighted by Crippen LogP contribution is -2.38. The highest BCUT2D eigenvalue weighted by molar-refractivity contribution is 5.98. The molecule has 0 radical (unpaired) electrons. The average Bonchev–Trinajstić information content (AvgIpc) is 3.10. The maximum absolute atomic E-state index is 12.9. The first-order chi connectivity index (χ1) is 13.3. The van der Waals surface area contributed by atoms with E-state index in [0.717, 1.165) is 11.1 Å². The number of rotatable bonds is 6. The Labute approximate surface area is 162 Å². The molecule has 0 fully saturated rings. The molecule has 3 aromatic rings. The average molecular weight is 383 g/mol. The molecule has 0 bridgehead atoms. The molecule has 0 aliphatic heterocycles. The van der Waals surface area contributed by atoms with E-state index in [1.54, 1.807) is 36.0 Å². The topological polar surface area (TPSA) is 80.1 Å². The summed E-state index contributed by atoms with van der Waals surface area (Å²) in [5.41, 5.74) is 2.71. The normalized spacial score (nSPS) is 11.0. The second-order valence-corrected chi connectivity index (χ2v) is 6.90. The van der Waals surface area contributed by atoms with Gasteiger partial charge in [-0.05, 0) is 49.7 Å². The molecule has 1 N–H and O–H groups in total. The smallest absolute Gasteiger partial charge is 0.254 e. The first kappa shape index (κ1) is 19.5. The summed E-state index contributed by atoms with van der Waals surface area (Å²) in [4.78, 5) is 26.1. The standard InChI is InChI=1S/C20H22FN5O2/c1-13(2)26-18-9-6-15(10-17(18)23-24-26)20(28)25(3)12-19(27)22-11-14-4-7-16(21)8-5-14/h4-10,13H,11-12H2,1-3H3,(H,22,27). The van der Waals surface area contributed by atoms with Crippen LogP contribution in [0.3, 0.4) is 0 Å². The molecule has 0 aliphatic carbocycles. The summed E-state index contributed by atoms with van der Waals surface area (Å²) in [7, 11) is 1.56. The Balaban J connectivity index is 1.61. The quantitative estimate of drug-likeness (QED) is 0.709. The van der Waals surface area contributed by atoms with Crippen LogP contribution in [0.25, 0.3) is 11.0 Å². The second-order valence-electron chi connectivity index (χ2n) is 6.90. The van der Waals surface area contributed by atoms with E-state index in [9.17, 15) is 14.0 Å². The van der Waals surface area contributed by atoms with Gasteiger partial charge in [0.2, 0.25) is 5.91 Å². The molecule has 0 aliphatic rings. The molecule has 1 heterocycles. The summed E-state index contributed by atoms with van der Waals surface area (Å²) in [5, 5.41) is 10.9. The number of hydrogen-bond donors (Lipinski definition) is 1. The Morgan fingerprint density at radius 1 is 1.18 bits per heavy atom. The molecule has 146 valence electrons. The van der Waals surface area contributed by atoms with Gasteiger partial charge < -0.3 is 10.2 Å². The zero-order valence-corrected chi connectivity index (χ0v) is 16.0. The summed E-state index contributed by atoms with van der Waals surface area (Å²) in [6.07, 6.45) is 0. The van der Waals surface area contributed by atoms with Crippen LogP contribution in [0.4, 0.5) is 4.39 Å². The van der Waals surface area contributed by atoms with Gasteiger partial charge in [-0.3, -0.25) is 9.59 Å². The number of benzene rings is 2. The number of halogens is 1. The number of aromatic nitrogens is 3. The third-order valence-corrected chi connectivity index (χ3v) is 4.34. The van der Waals surface area contributed by atoms with Crippen molar-refractivity contribution in [1.82, 2.24) is 25.2 Å². The second kappa shape index (κ2) is 8.16. The van der Waals surface area contributed by atoms with Crippen molar-refractivity contribution in [2.45, 2.75) is 26.4 Å². The van der Waals surface area contributed by atoms with Crippen LogP contribution in [0, 0.1) is 5.82 Å². The van der Waals surface area contributed by atoms with Gasteiger partial charge in [0.1, 0.15) is 11.3 Å². The van der Waals surface area contributed by atoms with E-state index in [1.165, 1.54) is 17.0 Å². The fraction of sp³-hybridized carbons (Fsp3) is 0.300. The zero-order valence-electron chi connectivity index (χ0n) is 16.0. The van der Waals surface area contributed by atoms with Gasteiger partial charge >= 0.3 is 0 Å². The summed E-state index contributed by atoms with van der Waals surface area (Å²) in [6.45, 7) is 4.19. The third kappa shape index (κ3) is 4.33.